The van der Waals surface area contributed by atoms with Crippen LogP contribution in [0.15, 0.2) is 42.6 Å². The van der Waals surface area contributed by atoms with Crippen LogP contribution < -0.4 is 15.4 Å². The Morgan fingerprint density at radius 2 is 2.10 bits per heavy atom. The van der Waals surface area contributed by atoms with E-state index in [1.807, 2.05) is 37.3 Å². The Bertz CT molecular complexity index is 614. The van der Waals surface area contributed by atoms with E-state index in [9.17, 15) is 4.79 Å². The number of methoxy groups -OCH3 is 1. The monoisotopic (exact) mass is 285 g/mol. The number of hydrogen-bond acceptors (Lipinski definition) is 4. The molecule has 0 unspecified atom stereocenters. The molecule has 0 bridgehead atoms. The number of para-hydroxylation sites is 2. The lowest BCUT2D eigenvalue weighted by Gasteiger charge is -2.11. The summed E-state index contributed by atoms with van der Waals surface area (Å²) in [5.41, 5.74) is 2.02. The highest BCUT2D eigenvalue weighted by atomic mass is 16.5. The van der Waals surface area contributed by atoms with Crippen LogP contribution in [-0.4, -0.2) is 24.5 Å². The van der Waals surface area contributed by atoms with Crippen molar-refractivity contribution in [3.05, 3.63) is 48.3 Å². The molecule has 21 heavy (non-hydrogen) atoms. The first-order chi connectivity index (χ1) is 10.2. The van der Waals surface area contributed by atoms with Gasteiger partial charge in [-0.25, -0.2) is 0 Å². The van der Waals surface area contributed by atoms with Gasteiger partial charge in [-0.05, 0) is 30.7 Å². The number of anilines is 2. The van der Waals surface area contributed by atoms with Gasteiger partial charge in [-0.2, -0.15) is 0 Å². The summed E-state index contributed by atoms with van der Waals surface area (Å²) in [6.07, 6.45) is 2.50. The third kappa shape index (κ3) is 3.95. The average molecular weight is 285 g/mol. The zero-order valence-corrected chi connectivity index (χ0v) is 12.2. The molecule has 0 aliphatic heterocycles. The molecule has 1 amide bonds. The Labute approximate surface area is 124 Å². The standard InChI is InChI=1S/C16H19N3O2/c1-3-9-18-16(20)14-11-12(8-10-17-14)19-13-6-4-5-7-15(13)21-2/h4-8,10-11H,3,9H2,1-2H3,(H,17,19)(H,18,20). The topological polar surface area (TPSA) is 63.2 Å². The number of amides is 1. The van der Waals surface area contributed by atoms with Crippen LogP contribution in [0.5, 0.6) is 5.75 Å². The second-order valence-corrected chi connectivity index (χ2v) is 4.51. The normalized spacial score (nSPS) is 10.0. The summed E-state index contributed by atoms with van der Waals surface area (Å²) in [7, 11) is 1.62. The molecular formula is C16H19N3O2. The highest BCUT2D eigenvalue weighted by Crippen LogP contribution is 2.26. The van der Waals surface area contributed by atoms with Crippen LogP contribution in [0.3, 0.4) is 0 Å². The molecule has 0 saturated heterocycles. The van der Waals surface area contributed by atoms with Crippen molar-refractivity contribution >= 4 is 17.3 Å². The lowest BCUT2D eigenvalue weighted by atomic mass is 10.2. The molecule has 0 fully saturated rings. The highest BCUT2D eigenvalue weighted by Gasteiger charge is 2.08. The van der Waals surface area contributed by atoms with Gasteiger partial charge in [0, 0.05) is 18.4 Å². The van der Waals surface area contributed by atoms with Crippen molar-refractivity contribution in [2.75, 3.05) is 19.0 Å². The van der Waals surface area contributed by atoms with Gasteiger partial charge in [0.15, 0.2) is 0 Å². The molecule has 1 aromatic heterocycles. The van der Waals surface area contributed by atoms with Gasteiger partial charge < -0.3 is 15.4 Å². The van der Waals surface area contributed by atoms with Gasteiger partial charge in [0.2, 0.25) is 0 Å². The molecule has 1 aromatic carbocycles. The molecule has 0 aliphatic rings. The lowest BCUT2D eigenvalue weighted by Crippen LogP contribution is -2.24. The van der Waals surface area contributed by atoms with E-state index in [0.717, 1.165) is 23.5 Å². The molecule has 0 radical (unpaired) electrons. The first-order valence-corrected chi connectivity index (χ1v) is 6.89. The van der Waals surface area contributed by atoms with E-state index in [4.69, 9.17) is 4.74 Å². The van der Waals surface area contributed by atoms with E-state index in [2.05, 4.69) is 15.6 Å². The molecule has 1 heterocycles. The lowest BCUT2D eigenvalue weighted by molar-refractivity contribution is 0.0949. The number of nitrogens with one attached hydrogen (secondary N) is 2. The molecule has 110 valence electrons. The maximum absolute atomic E-state index is 11.9. The van der Waals surface area contributed by atoms with E-state index in [1.165, 1.54) is 0 Å². The van der Waals surface area contributed by atoms with Gasteiger partial charge in [-0.1, -0.05) is 19.1 Å². The predicted octanol–water partition coefficient (Wildman–Crippen LogP) is 2.97. The first-order valence-electron chi connectivity index (χ1n) is 6.89. The molecular weight excluding hydrogens is 266 g/mol. The summed E-state index contributed by atoms with van der Waals surface area (Å²) >= 11 is 0. The summed E-state index contributed by atoms with van der Waals surface area (Å²) < 4.78 is 5.29. The van der Waals surface area contributed by atoms with E-state index in [-0.39, 0.29) is 5.91 Å². The maximum Gasteiger partial charge on any atom is 0.269 e. The number of carbonyl (C=O) groups is 1. The molecule has 0 spiro atoms. The van der Waals surface area contributed by atoms with Gasteiger partial charge >= 0.3 is 0 Å². The number of aromatic nitrogens is 1. The molecule has 2 aromatic rings. The summed E-state index contributed by atoms with van der Waals surface area (Å²) in [6.45, 7) is 2.65. The molecule has 0 aliphatic carbocycles. The average Bonchev–Trinajstić information content (AvgIpc) is 2.53. The quantitative estimate of drug-likeness (QED) is 0.856. The predicted molar refractivity (Wildman–Crippen MR) is 83.1 cm³/mol. The SMILES string of the molecule is CCCNC(=O)c1cc(Nc2ccccc2OC)ccn1. The fourth-order valence-corrected chi connectivity index (χ4v) is 1.86. The number of benzene rings is 1. The zero-order chi connectivity index (χ0) is 15.1. The van der Waals surface area contributed by atoms with Crippen LogP contribution in [0.1, 0.15) is 23.8 Å². The number of pyridine rings is 1. The van der Waals surface area contributed by atoms with E-state index in [0.29, 0.717) is 12.2 Å². The highest BCUT2D eigenvalue weighted by molar-refractivity contribution is 5.93. The molecule has 0 atom stereocenters. The molecule has 0 saturated carbocycles. The number of carbonyl (C=O) groups excluding carboxylic acids is 1. The molecule has 2 rings (SSSR count). The van der Waals surface area contributed by atoms with Crippen LogP contribution in [0, 0.1) is 0 Å². The van der Waals surface area contributed by atoms with Gasteiger partial charge in [-0.3, -0.25) is 9.78 Å². The number of nitrogens with zero attached hydrogens (tertiary/aromatic N) is 1. The van der Waals surface area contributed by atoms with Crippen molar-refractivity contribution in [3.8, 4) is 5.75 Å². The fraction of sp³-hybridized carbons (Fsp3) is 0.250. The summed E-state index contributed by atoms with van der Waals surface area (Å²) in [4.78, 5) is 16.0. The largest absolute Gasteiger partial charge is 0.495 e. The maximum atomic E-state index is 11.9. The van der Waals surface area contributed by atoms with Crippen molar-refractivity contribution < 1.29 is 9.53 Å². The van der Waals surface area contributed by atoms with E-state index in [1.54, 1.807) is 19.4 Å². The van der Waals surface area contributed by atoms with Crippen LogP contribution >= 0.6 is 0 Å². The summed E-state index contributed by atoms with van der Waals surface area (Å²) in [6, 6.07) is 11.1. The molecule has 5 heteroatoms. The summed E-state index contributed by atoms with van der Waals surface area (Å²) in [5.74, 6) is 0.576. The van der Waals surface area contributed by atoms with Crippen molar-refractivity contribution in [3.63, 3.8) is 0 Å². The Hall–Kier alpha value is -2.56. The minimum Gasteiger partial charge on any atom is -0.495 e. The van der Waals surface area contributed by atoms with Crippen molar-refractivity contribution in [1.29, 1.82) is 0 Å². The minimum absolute atomic E-state index is 0.166. The Balaban J connectivity index is 2.16. The summed E-state index contributed by atoms with van der Waals surface area (Å²) in [5, 5.41) is 6.04. The van der Waals surface area contributed by atoms with E-state index >= 15 is 0 Å². The Morgan fingerprint density at radius 1 is 1.29 bits per heavy atom. The molecule has 5 nitrogen and oxygen atoms in total. The zero-order valence-electron chi connectivity index (χ0n) is 12.2. The Morgan fingerprint density at radius 3 is 2.86 bits per heavy atom. The smallest absolute Gasteiger partial charge is 0.269 e. The van der Waals surface area contributed by atoms with Crippen LogP contribution in [0.25, 0.3) is 0 Å². The van der Waals surface area contributed by atoms with Crippen LogP contribution in [0.2, 0.25) is 0 Å². The van der Waals surface area contributed by atoms with Gasteiger partial charge in [-0.15, -0.1) is 0 Å². The third-order valence-electron chi connectivity index (χ3n) is 2.91. The van der Waals surface area contributed by atoms with Gasteiger partial charge in [0.1, 0.15) is 11.4 Å². The minimum atomic E-state index is -0.166. The second-order valence-electron chi connectivity index (χ2n) is 4.51. The number of hydrogen-bond donors (Lipinski definition) is 2. The third-order valence-corrected chi connectivity index (χ3v) is 2.91. The number of rotatable bonds is 6. The van der Waals surface area contributed by atoms with Crippen molar-refractivity contribution in [2.45, 2.75) is 13.3 Å². The van der Waals surface area contributed by atoms with Crippen LogP contribution in [-0.2, 0) is 0 Å². The fourth-order valence-electron chi connectivity index (χ4n) is 1.86. The second kappa shape index (κ2) is 7.28. The first kappa shape index (κ1) is 14.8. The van der Waals surface area contributed by atoms with Crippen LogP contribution in [0.4, 0.5) is 11.4 Å². The number of ether oxygens (including phenoxy) is 1. The van der Waals surface area contributed by atoms with E-state index < -0.39 is 0 Å². The van der Waals surface area contributed by atoms with Gasteiger partial charge in [0.05, 0.1) is 12.8 Å². The molecule has 2 N–H and O–H groups in total. The van der Waals surface area contributed by atoms with Crippen molar-refractivity contribution in [2.24, 2.45) is 0 Å². The van der Waals surface area contributed by atoms with Gasteiger partial charge in [0.25, 0.3) is 5.91 Å². The van der Waals surface area contributed by atoms with Crippen molar-refractivity contribution in [1.82, 2.24) is 10.3 Å². The Kier molecular flexibility index (Phi) is 5.15.